The van der Waals surface area contributed by atoms with E-state index in [0.29, 0.717) is 0 Å². The summed E-state index contributed by atoms with van der Waals surface area (Å²) in [5.41, 5.74) is 0. The van der Waals surface area contributed by atoms with Gasteiger partial charge < -0.3 is 29.7 Å². The predicted octanol–water partition coefficient (Wildman–Crippen LogP) is 13.9. The monoisotopic (exact) mass is 1050 g/mol. The molecule has 0 rings (SSSR count). The van der Waals surface area contributed by atoms with Crippen LogP contribution in [0.25, 0.3) is 0 Å². The summed E-state index contributed by atoms with van der Waals surface area (Å²) in [6, 6.07) is 0. The fourth-order valence-electron chi connectivity index (χ4n) is 7.02. The first-order valence-electron chi connectivity index (χ1n) is 25.9. The first kappa shape index (κ1) is 66.1. The van der Waals surface area contributed by atoms with Gasteiger partial charge in [0.05, 0.1) is 0 Å². The molecule has 0 aliphatic rings. The quantitative estimate of drug-likeness (QED) is 0.0340. The molecule has 6 nitrogen and oxygen atoms in total. The van der Waals surface area contributed by atoms with Crippen LogP contribution < -0.4 is 15.3 Å². The minimum absolute atomic E-state index is 0. The van der Waals surface area contributed by atoms with Crippen LogP contribution in [0.1, 0.15) is 290 Å². The Bertz CT molecular complexity index is 827. The molecule has 0 fully saturated rings. The third-order valence-electron chi connectivity index (χ3n) is 10.9. The Morgan fingerprint density at radius 3 is 0.574 bits per heavy atom. The first-order valence-corrected chi connectivity index (χ1v) is 25.9. The number of hydrogen-bond donors (Lipinski definition) is 0. The van der Waals surface area contributed by atoms with Gasteiger partial charge in [0.25, 0.3) is 0 Å². The van der Waals surface area contributed by atoms with Gasteiger partial charge in [-0.25, -0.2) is 0 Å². The molecule has 0 aliphatic heterocycles. The van der Waals surface area contributed by atoms with Crippen molar-refractivity contribution in [2.24, 2.45) is 0 Å². The van der Waals surface area contributed by atoms with Crippen LogP contribution in [-0.4, -0.2) is 44.1 Å². The Balaban J connectivity index is -0.000000396. The van der Waals surface area contributed by atoms with Gasteiger partial charge in [0.15, 0.2) is 0 Å². The number of carboxylic acids is 3. The molecule has 0 unspecified atom stereocenters. The van der Waals surface area contributed by atoms with Crippen molar-refractivity contribution in [3.05, 3.63) is 36.5 Å². The first-order chi connectivity index (χ1) is 29.3. The Morgan fingerprint density at radius 1 is 0.262 bits per heavy atom. The molecule has 0 heterocycles. The molecule has 0 atom stereocenters. The number of hydrogen-bond acceptors (Lipinski definition) is 6. The van der Waals surface area contributed by atoms with E-state index in [1.807, 2.05) is 0 Å². The fourth-order valence-corrected chi connectivity index (χ4v) is 7.02. The third-order valence-corrected chi connectivity index (χ3v) is 10.9. The second-order valence-electron chi connectivity index (χ2n) is 17.1. The van der Waals surface area contributed by atoms with Crippen molar-refractivity contribution in [3.8, 4) is 0 Å². The molecule has 0 spiro atoms. The van der Waals surface area contributed by atoms with E-state index in [1.165, 1.54) is 193 Å². The van der Waals surface area contributed by atoms with Crippen molar-refractivity contribution in [1.29, 1.82) is 0 Å². The smallest absolute Gasteiger partial charge is 0.550 e. The number of carbonyl (C=O) groups is 3. The molecule has 7 heteroatoms. The molecule has 0 aliphatic carbocycles. The van der Waals surface area contributed by atoms with Gasteiger partial charge >= 0.3 is 26.2 Å². The van der Waals surface area contributed by atoms with Crippen LogP contribution in [-0.2, 0) is 14.4 Å². The molecular weight excluding hydrogens is 954 g/mol. The van der Waals surface area contributed by atoms with E-state index in [0.717, 1.165) is 57.8 Å². The van der Waals surface area contributed by atoms with Gasteiger partial charge in [0, 0.05) is 17.9 Å². The molecular formula is C54H99BiO6. The van der Waals surface area contributed by atoms with Crippen LogP contribution in [0.4, 0.5) is 0 Å². The summed E-state index contributed by atoms with van der Waals surface area (Å²) in [7, 11) is 0. The van der Waals surface area contributed by atoms with Gasteiger partial charge in [-0.05, 0) is 116 Å². The molecule has 61 heavy (non-hydrogen) atoms. The molecule has 0 amide bonds. The van der Waals surface area contributed by atoms with Crippen molar-refractivity contribution in [3.63, 3.8) is 0 Å². The Morgan fingerprint density at radius 2 is 0.410 bits per heavy atom. The summed E-state index contributed by atoms with van der Waals surface area (Å²) in [4.78, 5) is 30.6. The number of allylic oxidation sites excluding steroid dienone is 6. The van der Waals surface area contributed by atoms with Crippen LogP contribution in [0.3, 0.4) is 0 Å². The zero-order valence-corrected chi connectivity index (χ0v) is 44.0. The molecule has 0 aromatic heterocycles. The fraction of sp³-hybridized carbons (Fsp3) is 0.833. The summed E-state index contributed by atoms with van der Waals surface area (Å²) in [6.45, 7) is 6.77. The maximum Gasteiger partial charge on any atom is 3.00 e. The zero-order chi connectivity index (χ0) is 44.7. The van der Waals surface area contributed by atoms with Crippen LogP contribution in [0, 0.1) is 0 Å². The van der Waals surface area contributed by atoms with Gasteiger partial charge in [0.2, 0.25) is 0 Å². The molecule has 0 bridgehead atoms. The van der Waals surface area contributed by atoms with Gasteiger partial charge in [-0.2, -0.15) is 0 Å². The average Bonchev–Trinajstić information content (AvgIpc) is 3.22. The Hall–Kier alpha value is -1.49. The van der Waals surface area contributed by atoms with Gasteiger partial charge in [0.1, 0.15) is 0 Å². The number of carbonyl (C=O) groups excluding carboxylic acids is 3. The molecule has 0 saturated carbocycles. The number of carboxylic acid groups (broad SMARTS) is 3. The summed E-state index contributed by atoms with van der Waals surface area (Å²) in [6.07, 6.45) is 62.7. The summed E-state index contributed by atoms with van der Waals surface area (Å²) in [5, 5.41) is 30.6. The topological polar surface area (TPSA) is 120 Å². The van der Waals surface area contributed by atoms with Crippen LogP contribution in [0.2, 0.25) is 0 Å². The van der Waals surface area contributed by atoms with E-state index in [1.54, 1.807) is 0 Å². The van der Waals surface area contributed by atoms with Crippen molar-refractivity contribution in [2.75, 3.05) is 0 Å². The van der Waals surface area contributed by atoms with E-state index in [4.69, 9.17) is 0 Å². The number of aliphatic carboxylic acids is 3. The van der Waals surface area contributed by atoms with Gasteiger partial charge in [-0.3, -0.25) is 0 Å². The summed E-state index contributed by atoms with van der Waals surface area (Å²) < 4.78 is 0. The van der Waals surface area contributed by atoms with E-state index < -0.39 is 17.9 Å². The summed E-state index contributed by atoms with van der Waals surface area (Å²) >= 11 is 0. The third kappa shape index (κ3) is 76.2. The molecule has 356 valence electrons. The van der Waals surface area contributed by atoms with Crippen LogP contribution >= 0.6 is 0 Å². The largest absolute Gasteiger partial charge is 3.00 e. The van der Waals surface area contributed by atoms with Crippen molar-refractivity contribution < 1.29 is 29.7 Å². The van der Waals surface area contributed by atoms with Crippen molar-refractivity contribution in [2.45, 2.75) is 290 Å². The van der Waals surface area contributed by atoms with E-state index in [-0.39, 0.29) is 45.5 Å². The van der Waals surface area contributed by atoms with Crippen molar-refractivity contribution in [1.82, 2.24) is 0 Å². The van der Waals surface area contributed by atoms with E-state index in [2.05, 4.69) is 57.2 Å². The number of unbranched alkanes of at least 4 members (excludes halogenated alkanes) is 33. The van der Waals surface area contributed by atoms with Gasteiger partial charge in [-0.1, -0.05) is 211 Å². The zero-order valence-electron chi connectivity index (χ0n) is 40.6. The molecule has 0 aromatic carbocycles. The SMILES string of the molecule is CCCCCCCC/C=C\CCCCCCCC(=O)[O-].CCCCCCCC/C=C\CCCCCCCC(=O)[O-].CCCCCCCC/C=C\CCCCCCCC(=O)[O-].[Bi+3]. The molecule has 0 N–H and O–H groups in total. The second-order valence-corrected chi connectivity index (χ2v) is 17.1. The second kappa shape index (κ2) is 62.8. The minimum Gasteiger partial charge on any atom is -0.550 e. The van der Waals surface area contributed by atoms with E-state index >= 15 is 0 Å². The molecule has 0 saturated heterocycles. The minimum atomic E-state index is -0.914. The number of rotatable bonds is 45. The van der Waals surface area contributed by atoms with Crippen molar-refractivity contribution >= 4 is 44.1 Å². The van der Waals surface area contributed by atoms with Gasteiger partial charge in [-0.15, -0.1) is 0 Å². The predicted molar refractivity (Wildman–Crippen MR) is 259 cm³/mol. The summed E-state index contributed by atoms with van der Waals surface area (Å²) in [5.74, 6) is -2.74. The molecule has 0 aromatic rings. The van der Waals surface area contributed by atoms with Crippen LogP contribution in [0.5, 0.6) is 0 Å². The maximum atomic E-state index is 10.2. The standard InChI is InChI=1S/3C18H34O2.Bi/c3*1-2-3-4-5-6-7-8-9-10-11-12-13-14-15-16-17-18(19)20;/h3*9-10H,2-8,11-17H2,1H3,(H,19,20);/q;;;+3/p-3/b3*10-9-;. The maximum absolute atomic E-state index is 10.2. The average molecular weight is 1050 g/mol. The Labute approximate surface area is 398 Å². The molecule has 2 radical (unpaired) electrons. The van der Waals surface area contributed by atoms with E-state index in [9.17, 15) is 29.7 Å². The normalized spacial score (nSPS) is 11.1. The van der Waals surface area contributed by atoms with Crippen LogP contribution in [0.15, 0.2) is 36.5 Å². The Kier molecular flexibility index (Phi) is 68.1.